The molecule has 16 nitrogen and oxygen atoms in total. The van der Waals surface area contributed by atoms with Gasteiger partial charge in [-0.25, -0.2) is 4.79 Å². The van der Waals surface area contributed by atoms with Crippen molar-refractivity contribution in [3.63, 3.8) is 0 Å². The summed E-state index contributed by atoms with van der Waals surface area (Å²) in [7, 11) is 0. The van der Waals surface area contributed by atoms with Gasteiger partial charge in [0.1, 0.15) is 61.0 Å². The molecule has 3 saturated heterocycles. The zero-order valence-corrected chi connectivity index (χ0v) is 16.9. The van der Waals surface area contributed by atoms with Crippen molar-refractivity contribution in [1.29, 1.82) is 0 Å². The Morgan fingerprint density at radius 3 is 2.00 bits per heavy atom. The van der Waals surface area contributed by atoms with Crippen LogP contribution in [0, 0.1) is 0 Å². The Hall–Kier alpha value is -1.09. The maximum Gasteiger partial charge on any atom is 0.335 e. The lowest BCUT2D eigenvalue weighted by Crippen LogP contribution is -2.65. The number of carboxylic acid groups (broad SMARTS) is 1. The van der Waals surface area contributed by atoms with Crippen LogP contribution in [-0.4, -0.2) is 156 Å². The summed E-state index contributed by atoms with van der Waals surface area (Å²) in [6.45, 7) is -1.28. The number of aliphatic hydroxyl groups excluding tert-OH is 9. The summed E-state index contributed by atoms with van der Waals surface area (Å²) in [5, 5.41) is 98.8. The molecular formula is C17H28O16. The second kappa shape index (κ2) is 10.7. The first-order valence-electron chi connectivity index (χ1n) is 9.99. The number of rotatable bonds is 6. The number of carboxylic acids is 1. The highest BCUT2D eigenvalue weighted by molar-refractivity contribution is 5.73. The fourth-order valence-corrected chi connectivity index (χ4v) is 3.72. The molecule has 0 aromatic carbocycles. The van der Waals surface area contributed by atoms with E-state index >= 15 is 0 Å². The summed E-state index contributed by atoms with van der Waals surface area (Å²) in [4.78, 5) is 11.1. The van der Waals surface area contributed by atoms with Crippen molar-refractivity contribution >= 4 is 5.97 Å². The maximum atomic E-state index is 11.1. The molecule has 0 amide bonds. The van der Waals surface area contributed by atoms with Crippen LogP contribution in [0.4, 0.5) is 0 Å². The van der Waals surface area contributed by atoms with E-state index in [0.717, 1.165) is 0 Å². The van der Waals surface area contributed by atoms with Crippen LogP contribution in [0.25, 0.3) is 0 Å². The first kappa shape index (κ1) is 26.5. The lowest BCUT2D eigenvalue weighted by Gasteiger charge is -2.46. The molecule has 14 atom stereocenters. The van der Waals surface area contributed by atoms with Crippen LogP contribution in [-0.2, 0) is 28.5 Å². The fourth-order valence-electron chi connectivity index (χ4n) is 3.72. The van der Waals surface area contributed by atoms with Crippen LogP contribution >= 0.6 is 0 Å². The van der Waals surface area contributed by atoms with Crippen LogP contribution in [0.1, 0.15) is 0 Å². The number of ether oxygens (including phenoxy) is 5. The Labute approximate surface area is 185 Å². The zero-order valence-electron chi connectivity index (χ0n) is 16.9. The predicted octanol–water partition coefficient (Wildman–Crippen LogP) is -6.84. The minimum atomic E-state index is -2.06. The molecule has 10 N–H and O–H groups in total. The topological polar surface area (TPSA) is 266 Å². The van der Waals surface area contributed by atoms with E-state index in [1.165, 1.54) is 0 Å². The van der Waals surface area contributed by atoms with Gasteiger partial charge in [-0.1, -0.05) is 0 Å². The molecule has 3 aliphatic heterocycles. The number of hydrogen-bond acceptors (Lipinski definition) is 15. The van der Waals surface area contributed by atoms with E-state index in [1.54, 1.807) is 0 Å². The molecule has 3 heterocycles. The Balaban J connectivity index is 1.76. The molecular weight excluding hydrogens is 460 g/mol. The van der Waals surface area contributed by atoms with Gasteiger partial charge in [-0.15, -0.1) is 0 Å². The number of aliphatic carboxylic acids is 1. The van der Waals surface area contributed by atoms with Crippen molar-refractivity contribution in [1.82, 2.24) is 0 Å². The quantitative estimate of drug-likeness (QED) is 0.166. The predicted molar refractivity (Wildman–Crippen MR) is 95.8 cm³/mol. The molecule has 3 aliphatic rings. The lowest BCUT2D eigenvalue weighted by molar-refractivity contribution is -0.379. The Bertz CT molecular complexity index is 663. The molecule has 0 unspecified atom stereocenters. The molecule has 33 heavy (non-hydrogen) atoms. The van der Waals surface area contributed by atoms with Crippen molar-refractivity contribution in [2.75, 3.05) is 13.2 Å². The van der Waals surface area contributed by atoms with Crippen LogP contribution < -0.4 is 0 Å². The molecule has 0 radical (unpaired) electrons. The zero-order chi connectivity index (χ0) is 24.6. The van der Waals surface area contributed by atoms with Crippen LogP contribution in [0.3, 0.4) is 0 Å². The molecule has 3 rings (SSSR count). The third-order valence-corrected chi connectivity index (χ3v) is 5.67. The van der Waals surface area contributed by atoms with Crippen LogP contribution in [0.2, 0.25) is 0 Å². The SMILES string of the molecule is O=C(O)[C@H]1O[C@@H](O)[C@H](O[C@@H]2OC[C@@H](O)[C@H](O)[C@H]2O[C@@H]2O[C@@H](CO)[C@H](O)[C@@H](O)[C@H]2O)[C@@H](O)[C@@H]1O. The van der Waals surface area contributed by atoms with E-state index in [0.29, 0.717) is 0 Å². The highest BCUT2D eigenvalue weighted by Crippen LogP contribution is 2.30. The lowest BCUT2D eigenvalue weighted by atomic mass is 9.98. The van der Waals surface area contributed by atoms with Crippen molar-refractivity contribution in [3.8, 4) is 0 Å². The maximum absolute atomic E-state index is 11.1. The number of hydrogen-bond donors (Lipinski definition) is 10. The normalized spacial score (nSPS) is 51.3. The van der Waals surface area contributed by atoms with Crippen molar-refractivity contribution in [3.05, 3.63) is 0 Å². The second-order valence-electron chi connectivity index (χ2n) is 7.93. The summed E-state index contributed by atoms with van der Waals surface area (Å²) >= 11 is 0. The molecule has 0 aromatic rings. The van der Waals surface area contributed by atoms with Gasteiger partial charge in [-0.2, -0.15) is 0 Å². The molecule has 0 aliphatic carbocycles. The third-order valence-electron chi connectivity index (χ3n) is 5.67. The molecule has 0 spiro atoms. The van der Waals surface area contributed by atoms with E-state index < -0.39 is 105 Å². The highest BCUT2D eigenvalue weighted by atomic mass is 16.8. The average Bonchev–Trinajstić information content (AvgIpc) is 2.77. The number of aliphatic hydroxyl groups is 9. The standard InChI is InChI=1S/C17H28O16/c18-1-4-6(21)7(22)10(25)16(30-4)33-13-5(20)3(19)2-29-17(13)32-12-9(24)8(23)11(14(26)27)31-15(12)28/h3-13,15-25,28H,1-2H2,(H,26,27)/t3-,4+,5+,6+,7-,8+,9+,10-,11+,12-,13-,15-,16+,17+/m1/s1. The minimum Gasteiger partial charge on any atom is -0.479 e. The van der Waals surface area contributed by atoms with E-state index in [1.807, 2.05) is 0 Å². The molecule has 0 bridgehead atoms. The van der Waals surface area contributed by atoms with Crippen LogP contribution in [0.5, 0.6) is 0 Å². The number of carbonyl (C=O) groups is 1. The monoisotopic (exact) mass is 488 g/mol. The van der Waals surface area contributed by atoms with E-state index in [-0.39, 0.29) is 0 Å². The first-order valence-corrected chi connectivity index (χ1v) is 9.99. The molecule has 16 heteroatoms. The van der Waals surface area contributed by atoms with Gasteiger partial charge in [0.2, 0.25) is 0 Å². The van der Waals surface area contributed by atoms with Gasteiger partial charge in [-0.05, 0) is 0 Å². The Morgan fingerprint density at radius 1 is 0.758 bits per heavy atom. The Kier molecular flexibility index (Phi) is 8.57. The third kappa shape index (κ3) is 5.29. The first-order chi connectivity index (χ1) is 15.5. The van der Waals surface area contributed by atoms with Gasteiger partial charge in [0.25, 0.3) is 0 Å². The minimum absolute atomic E-state index is 0.513. The largest absolute Gasteiger partial charge is 0.479 e. The van der Waals surface area contributed by atoms with Crippen molar-refractivity contribution in [2.24, 2.45) is 0 Å². The van der Waals surface area contributed by atoms with Crippen molar-refractivity contribution < 1.29 is 79.5 Å². The summed E-state index contributed by atoms with van der Waals surface area (Å²) < 4.78 is 26.0. The molecule has 0 saturated carbocycles. The summed E-state index contributed by atoms with van der Waals surface area (Å²) in [5.41, 5.74) is 0. The smallest absolute Gasteiger partial charge is 0.335 e. The summed E-state index contributed by atoms with van der Waals surface area (Å²) in [6, 6.07) is 0. The summed E-state index contributed by atoms with van der Waals surface area (Å²) in [5.74, 6) is -1.66. The second-order valence-corrected chi connectivity index (χ2v) is 7.93. The Morgan fingerprint density at radius 2 is 1.39 bits per heavy atom. The van der Waals surface area contributed by atoms with E-state index in [9.17, 15) is 50.8 Å². The van der Waals surface area contributed by atoms with E-state index in [2.05, 4.69) is 0 Å². The molecule has 0 aromatic heterocycles. The van der Waals surface area contributed by atoms with Gasteiger partial charge >= 0.3 is 5.97 Å². The van der Waals surface area contributed by atoms with Crippen LogP contribution in [0.15, 0.2) is 0 Å². The highest BCUT2D eigenvalue weighted by Gasteiger charge is 2.52. The fraction of sp³-hybridized carbons (Fsp3) is 0.941. The van der Waals surface area contributed by atoms with Gasteiger partial charge < -0.3 is 74.7 Å². The van der Waals surface area contributed by atoms with Gasteiger partial charge in [0.05, 0.1) is 13.2 Å². The summed E-state index contributed by atoms with van der Waals surface area (Å²) in [6.07, 6.45) is -25.0. The van der Waals surface area contributed by atoms with E-state index in [4.69, 9.17) is 28.8 Å². The van der Waals surface area contributed by atoms with Gasteiger partial charge in [-0.3, -0.25) is 0 Å². The van der Waals surface area contributed by atoms with Crippen molar-refractivity contribution in [2.45, 2.75) is 86.0 Å². The average molecular weight is 488 g/mol. The van der Waals surface area contributed by atoms with Gasteiger partial charge in [0, 0.05) is 0 Å². The van der Waals surface area contributed by atoms with Gasteiger partial charge in [0.15, 0.2) is 25.0 Å². The molecule has 3 fully saturated rings. The molecule has 192 valence electrons.